The molecule has 0 atom stereocenters. The SMILES string of the molecule is CCOC(CCNI)OCC. The van der Waals surface area contributed by atoms with Gasteiger partial charge in [0.15, 0.2) is 6.29 Å². The summed E-state index contributed by atoms with van der Waals surface area (Å²) in [6.45, 7) is 6.30. The normalized spacial score (nSPS) is 10.9. The van der Waals surface area contributed by atoms with E-state index in [4.69, 9.17) is 9.47 Å². The topological polar surface area (TPSA) is 30.5 Å². The van der Waals surface area contributed by atoms with E-state index in [0.717, 1.165) is 13.0 Å². The summed E-state index contributed by atoms with van der Waals surface area (Å²) < 4.78 is 13.7. The molecule has 1 N–H and O–H groups in total. The van der Waals surface area contributed by atoms with Crippen molar-refractivity contribution < 1.29 is 9.47 Å². The lowest BCUT2D eigenvalue weighted by Gasteiger charge is -2.15. The van der Waals surface area contributed by atoms with E-state index in [9.17, 15) is 0 Å². The molecule has 0 aliphatic carbocycles. The standard InChI is InChI=1S/C7H16INO2/c1-3-10-7(11-4-2)5-6-9-8/h7,9H,3-6H2,1-2H3. The van der Waals surface area contributed by atoms with Crippen LogP contribution in [0.5, 0.6) is 0 Å². The minimum absolute atomic E-state index is 0.0349. The van der Waals surface area contributed by atoms with Gasteiger partial charge in [-0.25, -0.2) is 0 Å². The molecule has 0 saturated heterocycles. The van der Waals surface area contributed by atoms with Crippen LogP contribution in [0.25, 0.3) is 0 Å². The van der Waals surface area contributed by atoms with Crippen LogP contribution in [0.4, 0.5) is 0 Å². The van der Waals surface area contributed by atoms with Crippen molar-refractivity contribution in [1.82, 2.24) is 3.53 Å². The molecule has 0 unspecified atom stereocenters. The van der Waals surface area contributed by atoms with Crippen LogP contribution in [-0.4, -0.2) is 26.0 Å². The van der Waals surface area contributed by atoms with Crippen molar-refractivity contribution in [3.63, 3.8) is 0 Å². The molecule has 0 amide bonds. The Hall–Kier alpha value is 0.610. The third-order valence-electron chi connectivity index (χ3n) is 1.18. The second-order valence-corrected chi connectivity index (χ2v) is 2.78. The fourth-order valence-corrected chi connectivity index (χ4v) is 1.07. The molecule has 0 aromatic heterocycles. The maximum atomic E-state index is 5.32. The zero-order valence-corrected chi connectivity index (χ0v) is 9.26. The highest BCUT2D eigenvalue weighted by Gasteiger charge is 2.05. The lowest BCUT2D eigenvalue weighted by atomic mass is 10.4. The van der Waals surface area contributed by atoms with Gasteiger partial charge >= 0.3 is 0 Å². The molecule has 0 rings (SSSR count). The van der Waals surface area contributed by atoms with Crippen LogP contribution in [0.1, 0.15) is 20.3 Å². The Kier molecular flexibility index (Phi) is 9.19. The summed E-state index contributed by atoms with van der Waals surface area (Å²) in [7, 11) is 0. The number of ether oxygens (including phenoxy) is 2. The van der Waals surface area contributed by atoms with E-state index in [2.05, 4.69) is 26.4 Å². The van der Waals surface area contributed by atoms with Gasteiger partial charge in [0.1, 0.15) is 0 Å². The first-order valence-electron chi connectivity index (χ1n) is 3.91. The molecule has 68 valence electrons. The summed E-state index contributed by atoms with van der Waals surface area (Å²) in [5.74, 6) is 0. The maximum absolute atomic E-state index is 5.32. The van der Waals surface area contributed by atoms with E-state index in [1.807, 2.05) is 13.8 Å². The van der Waals surface area contributed by atoms with Crippen LogP contribution in [0, 0.1) is 0 Å². The predicted molar refractivity (Wildman–Crippen MR) is 53.7 cm³/mol. The highest BCUT2D eigenvalue weighted by atomic mass is 127. The number of rotatable bonds is 7. The second kappa shape index (κ2) is 8.70. The molecule has 0 aromatic rings. The molecule has 0 spiro atoms. The van der Waals surface area contributed by atoms with Gasteiger partial charge in [-0.05, 0) is 13.8 Å². The Morgan fingerprint density at radius 2 is 1.82 bits per heavy atom. The molecule has 0 bridgehead atoms. The third kappa shape index (κ3) is 6.99. The van der Waals surface area contributed by atoms with Gasteiger partial charge < -0.3 is 9.47 Å². The quantitative estimate of drug-likeness (QED) is 0.435. The largest absolute Gasteiger partial charge is 0.353 e. The van der Waals surface area contributed by atoms with Crippen molar-refractivity contribution in [3.8, 4) is 0 Å². The average Bonchev–Trinajstić information content (AvgIpc) is 2.01. The molecule has 0 aromatic carbocycles. The van der Waals surface area contributed by atoms with Crippen molar-refractivity contribution in [3.05, 3.63) is 0 Å². The van der Waals surface area contributed by atoms with Crippen LogP contribution in [0.2, 0.25) is 0 Å². The number of nitrogens with one attached hydrogen (secondary N) is 1. The molecule has 4 heteroatoms. The Balaban J connectivity index is 3.34. The lowest BCUT2D eigenvalue weighted by Crippen LogP contribution is -2.21. The van der Waals surface area contributed by atoms with E-state index >= 15 is 0 Å². The zero-order chi connectivity index (χ0) is 8.53. The Bertz CT molecular complexity index is 76.8. The van der Waals surface area contributed by atoms with Crippen molar-refractivity contribution in [2.75, 3.05) is 19.8 Å². The molecule has 11 heavy (non-hydrogen) atoms. The van der Waals surface area contributed by atoms with Gasteiger partial charge in [-0.3, -0.25) is 3.53 Å². The highest BCUT2D eigenvalue weighted by molar-refractivity contribution is 14.1. The van der Waals surface area contributed by atoms with Crippen molar-refractivity contribution in [2.24, 2.45) is 0 Å². The van der Waals surface area contributed by atoms with Gasteiger partial charge in [0.05, 0.1) is 0 Å². The third-order valence-corrected chi connectivity index (χ3v) is 1.72. The van der Waals surface area contributed by atoms with Gasteiger partial charge in [0.2, 0.25) is 0 Å². The molecule has 0 fully saturated rings. The molecular weight excluding hydrogens is 257 g/mol. The van der Waals surface area contributed by atoms with E-state index < -0.39 is 0 Å². The fourth-order valence-electron chi connectivity index (χ4n) is 0.759. The second-order valence-electron chi connectivity index (χ2n) is 2.01. The molecule has 0 saturated carbocycles. The van der Waals surface area contributed by atoms with Crippen LogP contribution < -0.4 is 3.53 Å². The van der Waals surface area contributed by atoms with Crippen molar-refractivity contribution in [1.29, 1.82) is 0 Å². The van der Waals surface area contributed by atoms with Gasteiger partial charge in [0.25, 0.3) is 0 Å². The molecular formula is C7H16INO2. The first-order valence-corrected chi connectivity index (χ1v) is 4.99. The van der Waals surface area contributed by atoms with Crippen molar-refractivity contribution >= 4 is 22.9 Å². The summed E-state index contributed by atoms with van der Waals surface area (Å²) in [6, 6.07) is 0. The zero-order valence-electron chi connectivity index (χ0n) is 7.10. The number of halogens is 1. The van der Waals surface area contributed by atoms with Gasteiger partial charge in [-0.15, -0.1) is 0 Å². The molecule has 3 nitrogen and oxygen atoms in total. The minimum atomic E-state index is -0.0349. The van der Waals surface area contributed by atoms with E-state index in [1.165, 1.54) is 0 Å². The van der Waals surface area contributed by atoms with E-state index in [-0.39, 0.29) is 6.29 Å². The monoisotopic (exact) mass is 273 g/mol. The fraction of sp³-hybridized carbons (Fsp3) is 1.00. The van der Waals surface area contributed by atoms with Crippen LogP contribution >= 0.6 is 22.9 Å². The minimum Gasteiger partial charge on any atom is -0.353 e. The average molecular weight is 273 g/mol. The Morgan fingerprint density at radius 3 is 2.18 bits per heavy atom. The van der Waals surface area contributed by atoms with Crippen LogP contribution in [0.15, 0.2) is 0 Å². The molecule has 0 heterocycles. The van der Waals surface area contributed by atoms with Gasteiger partial charge in [-0.2, -0.15) is 0 Å². The molecule has 0 aliphatic heterocycles. The predicted octanol–water partition coefficient (Wildman–Crippen LogP) is 1.72. The Labute approximate surface area is 82.3 Å². The van der Waals surface area contributed by atoms with Crippen LogP contribution in [-0.2, 0) is 9.47 Å². The van der Waals surface area contributed by atoms with Gasteiger partial charge in [0, 0.05) is 49.0 Å². The lowest BCUT2D eigenvalue weighted by molar-refractivity contribution is -0.138. The summed E-state index contributed by atoms with van der Waals surface area (Å²) in [4.78, 5) is 0. The summed E-state index contributed by atoms with van der Waals surface area (Å²) >= 11 is 2.12. The molecule has 0 radical (unpaired) electrons. The highest BCUT2D eigenvalue weighted by Crippen LogP contribution is 1.99. The first-order chi connectivity index (χ1) is 5.35. The van der Waals surface area contributed by atoms with E-state index in [1.54, 1.807) is 0 Å². The molecule has 0 aliphatic rings. The Morgan fingerprint density at radius 1 is 1.27 bits per heavy atom. The summed E-state index contributed by atoms with van der Waals surface area (Å²) in [5, 5.41) is 0. The number of hydrogen-bond donors (Lipinski definition) is 1. The summed E-state index contributed by atoms with van der Waals surface area (Å²) in [6.07, 6.45) is 0.872. The first kappa shape index (κ1) is 11.6. The smallest absolute Gasteiger partial charge is 0.158 e. The summed E-state index contributed by atoms with van der Waals surface area (Å²) in [5.41, 5.74) is 0. The number of hydrogen-bond acceptors (Lipinski definition) is 3. The van der Waals surface area contributed by atoms with E-state index in [0.29, 0.717) is 13.2 Å². The van der Waals surface area contributed by atoms with Crippen LogP contribution in [0.3, 0.4) is 0 Å². The van der Waals surface area contributed by atoms with Crippen molar-refractivity contribution in [2.45, 2.75) is 26.6 Å². The maximum Gasteiger partial charge on any atom is 0.158 e. The van der Waals surface area contributed by atoms with Gasteiger partial charge in [-0.1, -0.05) is 0 Å².